The predicted octanol–water partition coefficient (Wildman–Crippen LogP) is 2.28. The van der Waals surface area contributed by atoms with Gasteiger partial charge in [0.05, 0.1) is 5.54 Å². The van der Waals surface area contributed by atoms with Gasteiger partial charge in [0.25, 0.3) is 0 Å². The monoisotopic (exact) mass is 207 g/mol. The second-order valence-corrected chi connectivity index (χ2v) is 5.69. The molecule has 0 radical (unpaired) electrons. The number of hydrogen-bond acceptors (Lipinski definition) is 3. The molecule has 84 valence electrons. The molecule has 0 aromatic carbocycles. The maximum absolute atomic E-state index is 6.01. The van der Waals surface area contributed by atoms with Crippen molar-refractivity contribution in [3.8, 4) is 0 Å². The van der Waals surface area contributed by atoms with Crippen LogP contribution in [0.3, 0.4) is 0 Å². The van der Waals surface area contributed by atoms with Crippen LogP contribution >= 0.6 is 0 Å². The first kappa shape index (κ1) is 12.1. The van der Waals surface area contributed by atoms with Gasteiger partial charge in [0.15, 0.2) is 0 Å². The van der Waals surface area contributed by atoms with E-state index in [1.807, 2.05) is 26.8 Å². The van der Waals surface area contributed by atoms with Gasteiger partial charge in [0.2, 0.25) is 0 Å². The van der Waals surface area contributed by atoms with Crippen LogP contribution in [0.15, 0.2) is 6.07 Å². The Morgan fingerprint density at radius 2 is 1.60 bits per heavy atom. The van der Waals surface area contributed by atoms with E-state index in [-0.39, 0.29) is 5.41 Å². The first-order valence-electron chi connectivity index (χ1n) is 5.26. The molecule has 3 nitrogen and oxygen atoms in total. The number of aryl methyl sites for hydroxylation is 1. The molecule has 1 rings (SSSR count). The van der Waals surface area contributed by atoms with Gasteiger partial charge in [-0.05, 0) is 26.8 Å². The first-order chi connectivity index (χ1) is 6.60. The van der Waals surface area contributed by atoms with Crippen LogP contribution in [-0.2, 0) is 11.0 Å². The summed E-state index contributed by atoms with van der Waals surface area (Å²) in [5, 5.41) is 0. The molecule has 3 heteroatoms. The number of nitrogens with two attached hydrogens (primary N) is 1. The fourth-order valence-electron chi connectivity index (χ4n) is 1.24. The van der Waals surface area contributed by atoms with Gasteiger partial charge >= 0.3 is 0 Å². The van der Waals surface area contributed by atoms with Crippen molar-refractivity contribution in [2.45, 2.75) is 52.5 Å². The lowest BCUT2D eigenvalue weighted by Crippen LogP contribution is -2.32. The van der Waals surface area contributed by atoms with Crippen LogP contribution < -0.4 is 5.73 Å². The molecule has 0 bridgehead atoms. The highest BCUT2D eigenvalue weighted by molar-refractivity contribution is 5.19. The van der Waals surface area contributed by atoms with E-state index < -0.39 is 5.54 Å². The molecule has 1 aromatic heterocycles. The van der Waals surface area contributed by atoms with Crippen LogP contribution in [-0.4, -0.2) is 9.97 Å². The van der Waals surface area contributed by atoms with Gasteiger partial charge in [0, 0.05) is 16.8 Å². The average Bonchev–Trinajstić information content (AvgIpc) is 1.99. The Labute approximate surface area is 92.1 Å². The van der Waals surface area contributed by atoms with Crippen LogP contribution in [0.5, 0.6) is 0 Å². The van der Waals surface area contributed by atoms with Crippen molar-refractivity contribution < 1.29 is 0 Å². The van der Waals surface area contributed by atoms with E-state index in [4.69, 9.17) is 5.73 Å². The molecule has 0 spiro atoms. The third-order valence-electron chi connectivity index (χ3n) is 2.20. The first-order valence-corrected chi connectivity index (χ1v) is 5.26. The quantitative estimate of drug-likeness (QED) is 0.768. The van der Waals surface area contributed by atoms with Crippen LogP contribution in [0.25, 0.3) is 0 Å². The molecule has 0 saturated carbocycles. The average molecular weight is 207 g/mol. The van der Waals surface area contributed by atoms with Crippen LogP contribution in [0.2, 0.25) is 0 Å². The summed E-state index contributed by atoms with van der Waals surface area (Å²) in [4.78, 5) is 8.92. The van der Waals surface area contributed by atoms with Gasteiger partial charge in [0.1, 0.15) is 5.82 Å². The maximum atomic E-state index is 6.01. The minimum absolute atomic E-state index is 0.0354. The zero-order valence-corrected chi connectivity index (χ0v) is 10.5. The molecule has 0 aliphatic rings. The fourth-order valence-corrected chi connectivity index (χ4v) is 1.24. The van der Waals surface area contributed by atoms with Crippen molar-refractivity contribution in [1.29, 1.82) is 0 Å². The lowest BCUT2D eigenvalue weighted by Gasteiger charge is -2.23. The van der Waals surface area contributed by atoms with Gasteiger partial charge in [-0.1, -0.05) is 20.8 Å². The molecule has 15 heavy (non-hydrogen) atoms. The topological polar surface area (TPSA) is 51.8 Å². The molecule has 1 heterocycles. The van der Waals surface area contributed by atoms with E-state index in [1.54, 1.807) is 0 Å². The molecule has 0 saturated heterocycles. The lowest BCUT2D eigenvalue weighted by atomic mass is 9.91. The van der Waals surface area contributed by atoms with E-state index in [2.05, 4.69) is 30.7 Å². The van der Waals surface area contributed by atoms with E-state index in [0.29, 0.717) is 5.82 Å². The molecule has 0 aliphatic heterocycles. The summed E-state index contributed by atoms with van der Waals surface area (Å²) >= 11 is 0. The van der Waals surface area contributed by atoms with Gasteiger partial charge in [-0.15, -0.1) is 0 Å². The van der Waals surface area contributed by atoms with Crippen LogP contribution in [0.1, 0.15) is 51.8 Å². The zero-order chi connectivity index (χ0) is 11.9. The third kappa shape index (κ3) is 2.99. The predicted molar refractivity (Wildman–Crippen MR) is 62.7 cm³/mol. The Morgan fingerprint density at radius 3 is 2.00 bits per heavy atom. The van der Waals surface area contributed by atoms with Gasteiger partial charge < -0.3 is 5.73 Å². The van der Waals surface area contributed by atoms with E-state index in [0.717, 1.165) is 11.4 Å². The van der Waals surface area contributed by atoms with Gasteiger partial charge in [-0.3, -0.25) is 0 Å². The van der Waals surface area contributed by atoms with Crippen LogP contribution in [0, 0.1) is 6.92 Å². The molecule has 2 N–H and O–H groups in total. The molecular weight excluding hydrogens is 186 g/mol. The second kappa shape index (κ2) is 3.56. The minimum atomic E-state index is -0.480. The summed E-state index contributed by atoms with van der Waals surface area (Å²) < 4.78 is 0. The number of nitrogens with zero attached hydrogens (tertiary/aromatic N) is 2. The Balaban J connectivity index is 3.30. The SMILES string of the molecule is Cc1cc(C(C)(C)C)nc(C(C)(C)N)n1. The van der Waals surface area contributed by atoms with Gasteiger partial charge in [-0.2, -0.15) is 0 Å². The zero-order valence-electron chi connectivity index (χ0n) is 10.5. The Kier molecular flexibility index (Phi) is 2.88. The summed E-state index contributed by atoms with van der Waals surface area (Å²) in [5.74, 6) is 0.715. The van der Waals surface area contributed by atoms with Crippen molar-refractivity contribution in [2.75, 3.05) is 0 Å². The smallest absolute Gasteiger partial charge is 0.148 e. The molecule has 0 amide bonds. The second-order valence-electron chi connectivity index (χ2n) is 5.69. The standard InChI is InChI=1S/C12H21N3/c1-8-7-9(11(2,3)4)15-10(14-8)12(5,6)13/h7H,13H2,1-6H3. The number of aromatic nitrogens is 2. The summed E-state index contributed by atoms with van der Waals surface area (Å²) in [6.07, 6.45) is 0. The minimum Gasteiger partial charge on any atom is -0.319 e. The third-order valence-corrected chi connectivity index (χ3v) is 2.20. The van der Waals surface area contributed by atoms with Crippen molar-refractivity contribution in [3.05, 3.63) is 23.3 Å². The molecule has 0 atom stereocenters. The van der Waals surface area contributed by atoms with Crippen molar-refractivity contribution in [3.63, 3.8) is 0 Å². The van der Waals surface area contributed by atoms with E-state index in [9.17, 15) is 0 Å². The highest BCUT2D eigenvalue weighted by Crippen LogP contribution is 2.22. The molecule has 0 aliphatic carbocycles. The van der Waals surface area contributed by atoms with Crippen LogP contribution in [0.4, 0.5) is 0 Å². The van der Waals surface area contributed by atoms with E-state index in [1.165, 1.54) is 0 Å². The Morgan fingerprint density at radius 1 is 1.07 bits per heavy atom. The maximum Gasteiger partial charge on any atom is 0.148 e. The van der Waals surface area contributed by atoms with Crippen molar-refractivity contribution in [2.24, 2.45) is 5.73 Å². The summed E-state index contributed by atoms with van der Waals surface area (Å²) in [6.45, 7) is 12.3. The van der Waals surface area contributed by atoms with Gasteiger partial charge in [-0.25, -0.2) is 9.97 Å². The summed E-state index contributed by atoms with van der Waals surface area (Å²) in [5.41, 5.74) is 7.59. The highest BCUT2D eigenvalue weighted by atomic mass is 15.0. The Bertz CT molecular complexity index is 324. The summed E-state index contributed by atoms with van der Waals surface area (Å²) in [7, 11) is 0. The number of hydrogen-bond donors (Lipinski definition) is 1. The Hall–Kier alpha value is -0.960. The normalized spacial score (nSPS) is 13.0. The molecule has 0 fully saturated rings. The molecule has 1 aromatic rings. The molecule has 0 unspecified atom stereocenters. The highest BCUT2D eigenvalue weighted by Gasteiger charge is 2.22. The molecular formula is C12H21N3. The van der Waals surface area contributed by atoms with Crippen molar-refractivity contribution in [1.82, 2.24) is 9.97 Å². The van der Waals surface area contributed by atoms with E-state index >= 15 is 0 Å². The largest absolute Gasteiger partial charge is 0.319 e. The fraction of sp³-hybridized carbons (Fsp3) is 0.667. The summed E-state index contributed by atoms with van der Waals surface area (Å²) in [6, 6.07) is 2.02. The lowest BCUT2D eigenvalue weighted by molar-refractivity contribution is 0.490. The number of rotatable bonds is 1. The van der Waals surface area contributed by atoms with Crippen molar-refractivity contribution >= 4 is 0 Å².